The van der Waals surface area contributed by atoms with E-state index in [1.807, 2.05) is 66.7 Å². The van der Waals surface area contributed by atoms with E-state index in [4.69, 9.17) is 0 Å². The van der Waals surface area contributed by atoms with E-state index < -0.39 is 5.60 Å². The lowest BCUT2D eigenvalue weighted by molar-refractivity contribution is 0.131. The van der Waals surface area contributed by atoms with Gasteiger partial charge in [0.2, 0.25) is 0 Å². The molecule has 0 saturated heterocycles. The molecule has 0 fully saturated rings. The van der Waals surface area contributed by atoms with Crippen LogP contribution in [-0.4, -0.2) is 5.11 Å². The molecule has 0 amide bonds. The van der Waals surface area contributed by atoms with Gasteiger partial charge in [0.25, 0.3) is 0 Å². The van der Waals surface area contributed by atoms with Crippen molar-refractivity contribution in [1.82, 2.24) is 0 Å². The van der Waals surface area contributed by atoms with Gasteiger partial charge in [-0.3, -0.25) is 0 Å². The van der Waals surface area contributed by atoms with Gasteiger partial charge in [0, 0.05) is 25.6 Å². The van der Waals surface area contributed by atoms with Crippen molar-refractivity contribution < 1.29 is 5.11 Å². The van der Waals surface area contributed by atoms with Gasteiger partial charge in [0.1, 0.15) is 5.60 Å². The number of benzene rings is 8. The lowest BCUT2D eigenvalue weighted by atomic mass is 9.70. The fourth-order valence-corrected chi connectivity index (χ4v) is 9.98. The monoisotopic (exact) mass is 806 g/mol. The molecule has 8 aromatic carbocycles. The van der Waals surface area contributed by atoms with Crippen LogP contribution in [0, 0.1) is 0 Å². The van der Waals surface area contributed by atoms with Crippen molar-refractivity contribution >= 4 is 31.9 Å². The van der Waals surface area contributed by atoms with Crippen LogP contribution in [0.25, 0.3) is 44.5 Å². The van der Waals surface area contributed by atoms with E-state index in [1.54, 1.807) is 0 Å². The average Bonchev–Trinajstić information content (AvgIpc) is 3.78. The van der Waals surface area contributed by atoms with Crippen LogP contribution in [0.1, 0.15) is 38.9 Å². The van der Waals surface area contributed by atoms with E-state index in [0.717, 1.165) is 47.9 Å². The third kappa shape index (κ3) is 4.64. The standard InChI is InChI=1S/C25H17BrO.C25H15Br/c26-18-14-15-21-20-11-5-7-13-23(20)25(27,24(21)16-18)22-12-6-4-10-19(22)17-8-2-1-3-9-17;26-16-13-14-20-19-9-3-6-12-23(19)25(24(20)15-16)21-10-4-1-7-17(21)18-8-2-5-11-22(18)25/h1-16,27H;1-15H. The summed E-state index contributed by atoms with van der Waals surface area (Å²) in [6.07, 6.45) is 0. The summed E-state index contributed by atoms with van der Waals surface area (Å²) in [5.41, 5.74) is 16.6. The minimum atomic E-state index is -1.19. The Kier molecular flexibility index (Phi) is 7.56. The first-order valence-corrected chi connectivity index (χ1v) is 19.5. The smallest absolute Gasteiger partial charge is 0.142 e. The van der Waals surface area contributed by atoms with Crippen LogP contribution in [0.2, 0.25) is 0 Å². The minimum Gasteiger partial charge on any atom is -0.376 e. The van der Waals surface area contributed by atoms with Gasteiger partial charge in [-0.25, -0.2) is 0 Å². The van der Waals surface area contributed by atoms with Crippen LogP contribution in [-0.2, 0) is 11.0 Å². The molecule has 0 heterocycles. The van der Waals surface area contributed by atoms with Gasteiger partial charge in [-0.05, 0) is 91.0 Å². The van der Waals surface area contributed by atoms with Crippen molar-refractivity contribution in [3.63, 3.8) is 0 Å². The molecule has 252 valence electrons. The summed E-state index contributed by atoms with van der Waals surface area (Å²) in [6.45, 7) is 0. The Labute approximate surface area is 326 Å². The molecule has 8 aromatic rings. The first kappa shape index (κ1) is 32.3. The summed E-state index contributed by atoms with van der Waals surface area (Å²) < 4.78 is 2.09. The summed E-state index contributed by atoms with van der Waals surface area (Å²) in [6, 6.07) is 66.1. The molecule has 11 rings (SSSR count). The maximum atomic E-state index is 12.2. The van der Waals surface area contributed by atoms with Crippen molar-refractivity contribution in [2.24, 2.45) is 0 Å². The van der Waals surface area contributed by atoms with E-state index in [0.29, 0.717) is 0 Å². The van der Waals surface area contributed by atoms with Crippen molar-refractivity contribution in [2.45, 2.75) is 11.0 Å². The van der Waals surface area contributed by atoms with Gasteiger partial charge in [-0.2, -0.15) is 0 Å². The molecule has 1 nitrogen and oxygen atoms in total. The molecule has 3 aliphatic carbocycles. The van der Waals surface area contributed by atoms with Crippen LogP contribution in [0.15, 0.2) is 197 Å². The van der Waals surface area contributed by atoms with Gasteiger partial charge in [0.15, 0.2) is 0 Å². The van der Waals surface area contributed by atoms with Gasteiger partial charge < -0.3 is 5.11 Å². The molecule has 1 unspecified atom stereocenters. The molecule has 0 radical (unpaired) electrons. The Morgan fingerprint density at radius 2 is 0.642 bits per heavy atom. The number of aliphatic hydroxyl groups is 1. The van der Waals surface area contributed by atoms with Gasteiger partial charge in [-0.1, -0.05) is 196 Å². The predicted molar refractivity (Wildman–Crippen MR) is 224 cm³/mol. The second-order valence-electron chi connectivity index (χ2n) is 13.9. The lowest BCUT2D eigenvalue weighted by Gasteiger charge is -2.30. The highest BCUT2D eigenvalue weighted by molar-refractivity contribution is 9.10. The number of hydrogen-bond acceptors (Lipinski definition) is 1. The molecule has 1 spiro atoms. The second kappa shape index (κ2) is 12.4. The summed E-state index contributed by atoms with van der Waals surface area (Å²) in [5, 5.41) is 12.2. The van der Waals surface area contributed by atoms with Crippen molar-refractivity contribution in [1.29, 1.82) is 0 Å². The number of hydrogen-bond donors (Lipinski definition) is 1. The Hall–Kier alpha value is -5.32. The molecule has 0 bridgehead atoms. The van der Waals surface area contributed by atoms with Crippen LogP contribution in [0.4, 0.5) is 0 Å². The van der Waals surface area contributed by atoms with Gasteiger partial charge >= 0.3 is 0 Å². The summed E-state index contributed by atoms with van der Waals surface area (Å²) in [5.74, 6) is 0. The summed E-state index contributed by atoms with van der Waals surface area (Å²) in [4.78, 5) is 0. The quantitative estimate of drug-likeness (QED) is 0.184. The third-order valence-electron chi connectivity index (χ3n) is 11.3. The number of rotatable bonds is 2. The maximum absolute atomic E-state index is 12.2. The van der Waals surface area contributed by atoms with E-state index in [9.17, 15) is 5.11 Å². The predicted octanol–water partition coefficient (Wildman–Crippen LogP) is 13.2. The van der Waals surface area contributed by atoms with Crippen molar-refractivity contribution in [3.8, 4) is 44.5 Å². The molecule has 1 atom stereocenters. The number of fused-ring (bicyclic) bond motifs is 13. The third-order valence-corrected chi connectivity index (χ3v) is 12.3. The highest BCUT2D eigenvalue weighted by Crippen LogP contribution is 2.63. The molecule has 0 aromatic heterocycles. The second-order valence-corrected chi connectivity index (χ2v) is 15.8. The number of halogens is 2. The van der Waals surface area contributed by atoms with E-state index in [-0.39, 0.29) is 5.41 Å². The first-order chi connectivity index (χ1) is 26.0. The zero-order valence-electron chi connectivity index (χ0n) is 28.6. The minimum absolute atomic E-state index is 0.219. The van der Waals surface area contributed by atoms with Crippen LogP contribution < -0.4 is 0 Å². The zero-order valence-corrected chi connectivity index (χ0v) is 31.8. The fourth-order valence-electron chi connectivity index (χ4n) is 9.25. The normalized spacial score (nSPS) is 16.1. The summed E-state index contributed by atoms with van der Waals surface area (Å²) in [7, 11) is 0. The zero-order chi connectivity index (χ0) is 35.7. The van der Waals surface area contributed by atoms with Gasteiger partial charge in [-0.15, -0.1) is 0 Å². The van der Waals surface area contributed by atoms with Gasteiger partial charge in [0.05, 0.1) is 5.41 Å². The van der Waals surface area contributed by atoms with Crippen molar-refractivity contribution in [2.75, 3.05) is 0 Å². The van der Waals surface area contributed by atoms with E-state index >= 15 is 0 Å². The van der Waals surface area contributed by atoms with Crippen LogP contribution >= 0.6 is 31.9 Å². The molecular formula is C50H32Br2O. The largest absolute Gasteiger partial charge is 0.376 e. The average molecular weight is 809 g/mol. The Morgan fingerprint density at radius 3 is 1.15 bits per heavy atom. The highest BCUT2D eigenvalue weighted by atomic mass is 79.9. The lowest BCUT2D eigenvalue weighted by Crippen LogP contribution is -2.27. The summed E-state index contributed by atoms with van der Waals surface area (Å²) >= 11 is 7.31. The first-order valence-electron chi connectivity index (χ1n) is 17.9. The molecule has 0 saturated carbocycles. The molecule has 1 N–H and O–H groups in total. The molecule has 53 heavy (non-hydrogen) atoms. The molecule has 3 aliphatic rings. The highest BCUT2D eigenvalue weighted by Gasteiger charge is 2.51. The van der Waals surface area contributed by atoms with Crippen LogP contribution in [0.3, 0.4) is 0 Å². The van der Waals surface area contributed by atoms with E-state index in [1.165, 1.54) is 44.5 Å². The van der Waals surface area contributed by atoms with Crippen LogP contribution in [0.5, 0.6) is 0 Å². The fraction of sp³-hybridized carbons (Fsp3) is 0.0400. The van der Waals surface area contributed by atoms with E-state index in [2.05, 4.69) is 153 Å². The van der Waals surface area contributed by atoms with Crippen molar-refractivity contribution in [3.05, 3.63) is 236 Å². The molecule has 3 heteroatoms. The Morgan fingerprint density at radius 1 is 0.302 bits per heavy atom. The Balaban J connectivity index is 0.000000132. The maximum Gasteiger partial charge on any atom is 0.142 e. The topological polar surface area (TPSA) is 20.2 Å². The SMILES string of the molecule is Brc1ccc2c(c1)C1(c3ccccc3-c3ccccc31)c1ccccc1-2.OC1(c2ccccc2-c2ccccc2)c2ccccc2-c2ccc(Br)cc21. The Bertz CT molecular complexity index is 2670. The molecule has 0 aliphatic heterocycles. The molecular weight excluding hydrogens is 776 g/mol.